The lowest BCUT2D eigenvalue weighted by atomic mass is 9.83. The number of likely N-dealkylation sites (tertiary alicyclic amines) is 2. The van der Waals surface area contributed by atoms with Crippen LogP contribution in [0.15, 0.2) is 79.0 Å². The average Bonchev–Trinajstić information content (AvgIpc) is 3.68. The van der Waals surface area contributed by atoms with Crippen LogP contribution in [0.25, 0.3) is 0 Å². The van der Waals surface area contributed by atoms with Gasteiger partial charge in [0.1, 0.15) is 6.04 Å². The molecular formula is C39H52N4O2. The van der Waals surface area contributed by atoms with Crippen LogP contribution in [0.4, 0.5) is 0 Å². The number of carbonyl (C=O) groups is 1. The number of benzene rings is 2. The van der Waals surface area contributed by atoms with Crippen molar-refractivity contribution in [2.75, 3.05) is 26.2 Å². The van der Waals surface area contributed by atoms with Crippen molar-refractivity contribution in [1.82, 2.24) is 19.6 Å². The van der Waals surface area contributed by atoms with Gasteiger partial charge in [-0.25, -0.2) is 0 Å². The minimum atomic E-state index is -0.635. The van der Waals surface area contributed by atoms with E-state index in [4.69, 9.17) is 5.10 Å². The van der Waals surface area contributed by atoms with E-state index in [9.17, 15) is 9.90 Å². The highest BCUT2D eigenvalue weighted by atomic mass is 16.4. The Morgan fingerprint density at radius 3 is 2.36 bits per heavy atom. The maximum Gasteiger partial charge on any atom is 0.321 e. The first-order valence-corrected chi connectivity index (χ1v) is 17.6. The molecule has 2 aromatic carbocycles. The van der Waals surface area contributed by atoms with Crippen LogP contribution in [-0.4, -0.2) is 62.9 Å². The third-order valence-electron chi connectivity index (χ3n) is 10.7. The van der Waals surface area contributed by atoms with Crippen LogP contribution < -0.4 is 0 Å². The van der Waals surface area contributed by atoms with Crippen molar-refractivity contribution in [3.63, 3.8) is 0 Å². The van der Waals surface area contributed by atoms with Crippen LogP contribution in [-0.2, 0) is 17.8 Å². The normalized spacial score (nSPS) is 22.7. The molecule has 1 aromatic heterocycles. The van der Waals surface area contributed by atoms with Gasteiger partial charge < -0.3 is 10.0 Å². The maximum atomic E-state index is 12.6. The molecule has 1 unspecified atom stereocenters. The zero-order valence-electron chi connectivity index (χ0n) is 27.1. The van der Waals surface area contributed by atoms with Gasteiger partial charge in [0.15, 0.2) is 0 Å². The lowest BCUT2D eigenvalue weighted by Gasteiger charge is -2.34. The number of piperidine rings is 1. The first-order valence-electron chi connectivity index (χ1n) is 17.6. The summed E-state index contributed by atoms with van der Waals surface area (Å²) in [5, 5.41) is 15.5. The van der Waals surface area contributed by atoms with Crippen molar-refractivity contribution < 1.29 is 9.90 Å². The van der Waals surface area contributed by atoms with Crippen LogP contribution in [0, 0.1) is 11.8 Å². The molecule has 1 N–H and O–H groups in total. The molecule has 0 radical (unpaired) electrons. The molecule has 6 rings (SSSR count). The fourth-order valence-electron chi connectivity index (χ4n) is 8.14. The zero-order chi connectivity index (χ0) is 31.0. The van der Waals surface area contributed by atoms with Gasteiger partial charge in [-0.3, -0.25) is 14.4 Å². The molecule has 3 heterocycles. The summed E-state index contributed by atoms with van der Waals surface area (Å²) in [5.41, 5.74) is 5.26. The van der Waals surface area contributed by atoms with Gasteiger partial charge in [-0.2, -0.15) is 5.10 Å². The van der Waals surface area contributed by atoms with E-state index in [1.807, 2.05) is 0 Å². The number of unbranched alkanes of at least 4 members (excludes halogenated alkanes) is 1. The van der Waals surface area contributed by atoms with E-state index < -0.39 is 5.97 Å². The number of aryl methyl sites for hydroxylation is 1. The first-order chi connectivity index (χ1) is 22.1. The number of aliphatic carboxylic acids is 1. The first kappa shape index (κ1) is 31.6. The highest BCUT2D eigenvalue weighted by Gasteiger charge is 2.42. The molecule has 0 spiro atoms. The molecule has 1 aliphatic carbocycles. The SMILES string of the molecule is CCCCn1nc(C2CCN(/C=C/C3CN([C@@H](C(=O)O)C4CCCCC4)C[C@@H]3c3ccccc3)CC2)cc1Cc1ccccc1. The largest absolute Gasteiger partial charge is 0.480 e. The Morgan fingerprint density at radius 2 is 1.67 bits per heavy atom. The summed E-state index contributed by atoms with van der Waals surface area (Å²) >= 11 is 0. The van der Waals surface area contributed by atoms with E-state index >= 15 is 0 Å². The Hall–Kier alpha value is -3.38. The molecule has 1 saturated carbocycles. The molecular weight excluding hydrogens is 556 g/mol. The monoisotopic (exact) mass is 608 g/mol. The molecule has 3 aliphatic rings. The highest BCUT2D eigenvalue weighted by Crippen LogP contribution is 2.39. The summed E-state index contributed by atoms with van der Waals surface area (Å²) in [4.78, 5) is 17.4. The second-order valence-corrected chi connectivity index (χ2v) is 13.8. The molecule has 6 heteroatoms. The number of nitrogens with zero attached hydrogens (tertiary/aromatic N) is 4. The third kappa shape index (κ3) is 7.89. The second kappa shape index (κ2) is 15.3. The summed E-state index contributed by atoms with van der Waals surface area (Å²) in [6, 6.07) is 23.5. The van der Waals surface area contributed by atoms with Gasteiger partial charge in [0, 0.05) is 56.7 Å². The van der Waals surface area contributed by atoms with Crippen LogP contribution >= 0.6 is 0 Å². The summed E-state index contributed by atoms with van der Waals surface area (Å²) in [6.45, 7) is 6.94. The van der Waals surface area contributed by atoms with Gasteiger partial charge in [-0.1, -0.05) is 99.3 Å². The lowest BCUT2D eigenvalue weighted by Crippen LogP contribution is -2.46. The van der Waals surface area contributed by atoms with Crippen LogP contribution in [0.5, 0.6) is 0 Å². The van der Waals surface area contributed by atoms with E-state index in [1.54, 1.807) is 0 Å². The van der Waals surface area contributed by atoms with Gasteiger partial charge >= 0.3 is 5.97 Å². The molecule has 3 aromatic rings. The minimum Gasteiger partial charge on any atom is -0.480 e. The van der Waals surface area contributed by atoms with Gasteiger partial charge in [-0.05, 0) is 67.3 Å². The number of carboxylic acid groups (broad SMARTS) is 1. The summed E-state index contributed by atoms with van der Waals surface area (Å²) in [5.74, 6) is 0.765. The van der Waals surface area contributed by atoms with Crippen molar-refractivity contribution >= 4 is 5.97 Å². The molecule has 3 atom stereocenters. The van der Waals surface area contributed by atoms with Crippen LogP contribution in [0.3, 0.4) is 0 Å². The lowest BCUT2D eigenvalue weighted by molar-refractivity contribution is -0.145. The average molecular weight is 609 g/mol. The predicted molar refractivity (Wildman–Crippen MR) is 181 cm³/mol. The minimum absolute atomic E-state index is 0.271. The molecule has 0 bridgehead atoms. The molecule has 0 amide bonds. The Kier molecular flexibility index (Phi) is 10.7. The van der Waals surface area contributed by atoms with Crippen molar-refractivity contribution in [3.8, 4) is 0 Å². The van der Waals surface area contributed by atoms with E-state index in [2.05, 4.69) is 100 Å². The topological polar surface area (TPSA) is 61.6 Å². The highest BCUT2D eigenvalue weighted by molar-refractivity contribution is 5.74. The molecule has 2 saturated heterocycles. The molecule has 2 aliphatic heterocycles. The van der Waals surface area contributed by atoms with Gasteiger partial charge in [0.05, 0.1) is 5.69 Å². The van der Waals surface area contributed by atoms with E-state index in [-0.39, 0.29) is 12.0 Å². The Balaban J connectivity index is 1.11. The zero-order valence-corrected chi connectivity index (χ0v) is 27.1. The van der Waals surface area contributed by atoms with Crippen molar-refractivity contribution in [1.29, 1.82) is 0 Å². The van der Waals surface area contributed by atoms with Crippen molar-refractivity contribution in [3.05, 3.63) is 102 Å². The van der Waals surface area contributed by atoms with Crippen LogP contribution in [0.1, 0.15) is 99.1 Å². The quantitative estimate of drug-likeness (QED) is 0.228. The van der Waals surface area contributed by atoms with E-state index in [0.29, 0.717) is 17.8 Å². The Morgan fingerprint density at radius 1 is 0.956 bits per heavy atom. The van der Waals surface area contributed by atoms with E-state index in [0.717, 1.165) is 84.1 Å². The summed E-state index contributed by atoms with van der Waals surface area (Å²) in [7, 11) is 0. The van der Waals surface area contributed by atoms with Crippen LogP contribution in [0.2, 0.25) is 0 Å². The standard InChI is InChI=1S/C39H52N4O2/c1-2-3-22-43-35(26-30-13-7-4-8-14-30)27-37(40-43)32-19-23-41(24-20-32)25-21-34-28-42(29-36(34)31-15-9-5-10-16-31)38(39(44)45)33-17-11-6-12-18-33/h4-5,7-10,13-16,21,25,27,32-34,36,38H,2-3,6,11-12,17-20,22-24,26,28-29H2,1H3,(H,44,45)/b25-21+/t34?,36-,38-/m1/s1. The Bertz CT molecular complexity index is 1370. The van der Waals surface area contributed by atoms with Crippen molar-refractivity contribution in [2.24, 2.45) is 11.8 Å². The van der Waals surface area contributed by atoms with E-state index in [1.165, 1.54) is 35.4 Å². The number of aromatic nitrogens is 2. The summed E-state index contributed by atoms with van der Waals surface area (Å²) in [6.07, 6.45) is 15.9. The molecule has 240 valence electrons. The number of rotatable bonds is 12. The summed E-state index contributed by atoms with van der Waals surface area (Å²) < 4.78 is 2.27. The number of hydrogen-bond acceptors (Lipinski definition) is 4. The molecule has 3 fully saturated rings. The van der Waals surface area contributed by atoms with Gasteiger partial charge in [0.25, 0.3) is 0 Å². The fraction of sp³-hybridized carbons (Fsp3) is 0.538. The predicted octanol–water partition coefficient (Wildman–Crippen LogP) is 7.72. The number of hydrogen-bond donors (Lipinski definition) is 1. The van der Waals surface area contributed by atoms with Gasteiger partial charge in [0.2, 0.25) is 0 Å². The molecule has 45 heavy (non-hydrogen) atoms. The smallest absolute Gasteiger partial charge is 0.321 e. The number of carboxylic acids is 1. The Labute approximate surface area is 270 Å². The van der Waals surface area contributed by atoms with Crippen molar-refractivity contribution in [2.45, 2.75) is 95.6 Å². The van der Waals surface area contributed by atoms with Gasteiger partial charge in [-0.15, -0.1) is 0 Å². The fourth-order valence-corrected chi connectivity index (χ4v) is 8.14. The maximum absolute atomic E-state index is 12.6. The molecule has 6 nitrogen and oxygen atoms in total. The third-order valence-corrected chi connectivity index (χ3v) is 10.7. The second-order valence-electron chi connectivity index (χ2n) is 13.8.